The lowest BCUT2D eigenvalue weighted by atomic mass is 10.2. The molecule has 6 nitrogen and oxygen atoms in total. The number of anilines is 2. The first-order valence-corrected chi connectivity index (χ1v) is 10.1. The van der Waals surface area contributed by atoms with Crippen molar-refractivity contribution in [3.63, 3.8) is 0 Å². The second-order valence-corrected chi connectivity index (χ2v) is 7.49. The number of hydrogen-bond acceptors (Lipinski definition) is 4. The maximum absolute atomic E-state index is 11.9. The molecule has 0 unspecified atom stereocenters. The second-order valence-electron chi connectivity index (χ2n) is 7.49. The summed E-state index contributed by atoms with van der Waals surface area (Å²) >= 11 is 0. The number of pyridine rings is 1. The Bertz CT molecular complexity index is 1180. The maximum atomic E-state index is 11.9. The molecule has 1 fully saturated rings. The van der Waals surface area contributed by atoms with Crippen LogP contribution in [0.3, 0.4) is 0 Å². The van der Waals surface area contributed by atoms with Crippen molar-refractivity contribution in [1.29, 1.82) is 0 Å². The molecule has 0 radical (unpaired) electrons. The van der Waals surface area contributed by atoms with E-state index in [1.807, 2.05) is 65.2 Å². The average Bonchev–Trinajstić information content (AvgIpc) is 3.54. The van der Waals surface area contributed by atoms with Gasteiger partial charge in [-0.05, 0) is 42.7 Å². The van der Waals surface area contributed by atoms with Gasteiger partial charge < -0.3 is 19.8 Å². The molecule has 1 aliphatic rings. The molecule has 1 saturated carbocycles. The molecule has 30 heavy (non-hydrogen) atoms. The van der Waals surface area contributed by atoms with Crippen LogP contribution in [-0.2, 0) is 11.3 Å². The number of benzene rings is 2. The second kappa shape index (κ2) is 7.91. The van der Waals surface area contributed by atoms with Crippen molar-refractivity contribution in [3.05, 3.63) is 84.7 Å². The molecule has 5 rings (SSSR count). The van der Waals surface area contributed by atoms with Crippen LogP contribution in [0.4, 0.5) is 11.5 Å². The van der Waals surface area contributed by atoms with E-state index in [2.05, 4.69) is 27.8 Å². The number of carbonyl (C=O) groups excluding carboxylic acids is 1. The van der Waals surface area contributed by atoms with E-state index >= 15 is 0 Å². The van der Waals surface area contributed by atoms with Gasteiger partial charge in [-0.2, -0.15) is 0 Å². The van der Waals surface area contributed by atoms with E-state index in [9.17, 15) is 4.79 Å². The van der Waals surface area contributed by atoms with E-state index in [1.165, 1.54) is 5.56 Å². The molecule has 0 spiro atoms. The van der Waals surface area contributed by atoms with Crippen LogP contribution in [0, 0.1) is 5.92 Å². The summed E-state index contributed by atoms with van der Waals surface area (Å²) in [5.41, 5.74) is 2.97. The number of imidazole rings is 1. The first-order chi connectivity index (χ1) is 14.7. The highest BCUT2D eigenvalue weighted by atomic mass is 16.5. The minimum atomic E-state index is 0.0506. The molecule has 1 amide bonds. The zero-order valence-electron chi connectivity index (χ0n) is 16.4. The van der Waals surface area contributed by atoms with Gasteiger partial charge >= 0.3 is 0 Å². The van der Waals surface area contributed by atoms with Gasteiger partial charge in [0.1, 0.15) is 17.1 Å². The van der Waals surface area contributed by atoms with Crippen LogP contribution in [0.1, 0.15) is 18.4 Å². The predicted octanol–water partition coefficient (Wildman–Crippen LogP) is 5.09. The third kappa shape index (κ3) is 4.27. The highest BCUT2D eigenvalue weighted by Crippen LogP contribution is 2.30. The Morgan fingerprint density at radius 2 is 1.87 bits per heavy atom. The largest absolute Gasteiger partial charge is 0.456 e. The van der Waals surface area contributed by atoms with E-state index in [0.717, 1.165) is 36.5 Å². The van der Waals surface area contributed by atoms with Crippen LogP contribution in [-0.4, -0.2) is 15.3 Å². The SMILES string of the molecule is O=C(Nc1cn2cc(Oc3cccc(NCc4ccccc4)c3)ccc2n1)C1CC1. The lowest BCUT2D eigenvalue weighted by Gasteiger charge is -2.10. The number of fused-ring (bicyclic) bond motifs is 1. The van der Waals surface area contributed by atoms with E-state index < -0.39 is 0 Å². The van der Waals surface area contributed by atoms with Crippen LogP contribution in [0.5, 0.6) is 11.5 Å². The number of ether oxygens (including phenoxy) is 1. The lowest BCUT2D eigenvalue weighted by molar-refractivity contribution is -0.117. The summed E-state index contributed by atoms with van der Waals surface area (Å²) in [6, 6.07) is 21.9. The van der Waals surface area contributed by atoms with Gasteiger partial charge in [0.2, 0.25) is 5.91 Å². The quantitative estimate of drug-likeness (QED) is 0.455. The van der Waals surface area contributed by atoms with Crippen molar-refractivity contribution < 1.29 is 9.53 Å². The van der Waals surface area contributed by atoms with Crippen molar-refractivity contribution in [3.8, 4) is 11.5 Å². The van der Waals surface area contributed by atoms with Gasteiger partial charge in [-0.25, -0.2) is 4.98 Å². The Labute approximate surface area is 174 Å². The minimum absolute atomic E-state index is 0.0506. The first kappa shape index (κ1) is 18.2. The van der Waals surface area contributed by atoms with E-state index in [4.69, 9.17) is 4.74 Å². The van der Waals surface area contributed by atoms with Gasteiger partial charge in [0.15, 0.2) is 5.82 Å². The fraction of sp³-hybridized carbons (Fsp3) is 0.167. The Hall–Kier alpha value is -3.80. The lowest BCUT2D eigenvalue weighted by Crippen LogP contribution is -2.13. The highest BCUT2D eigenvalue weighted by Gasteiger charge is 2.29. The number of aromatic nitrogens is 2. The Balaban J connectivity index is 1.27. The molecule has 2 N–H and O–H groups in total. The fourth-order valence-corrected chi connectivity index (χ4v) is 3.27. The molecular formula is C24H22N4O2. The monoisotopic (exact) mass is 398 g/mol. The standard InChI is InChI=1S/C24H22N4O2/c29-24(18-9-10-18)27-22-16-28-15-21(11-12-23(28)26-22)30-20-8-4-7-19(13-20)25-14-17-5-2-1-3-6-17/h1-8,11-13,15-16,18,25H,9-10,14H2,(H,27,29). The van der Waals surface area contributed by atoms with Gasteiger partial charge in [-0.3, -0.25) is 4.79 Å². The molecule has 2 aromatic heterocycles. The molecule has 0 saturated heterocycles. The number of rotatable bonds is 7. The number of nitrogens with one attached hydrogen (secondary N) is 2. The van der Waals surface area contributed by atoms with Crippen molar-refractivity contribution in [2.45, 2.75) is 19.4 Å². The van der Waals surface area contributed by atoms with Gasteiger partial charge in [0.05, 0.1) is 12.4 Å². The average molecular weight is 398 g/mol. The third-order valence-corrected chi connectivity index (χ3v) is 5.03. The van der Waals surface area contributed by atoms with Crippen LogP contribution >= 0.6 is 0 Å². The van der Waals surface area contributed by atoms with Gasteiger partial charge in [0, 0.05) is 24.2 Å². The molecule has 150 valence electrons. The van der Waals surface area contributed by atoms with Crippen LogP contribution in [0.15, 0.2) is 79.1 Å². The summed E-state index contributed by atoms with van der Waals surface area (Å²) in [7, 11) is 0. The molecular weight excluding hydrogens is 376 g/mol. The van der Waals surface area contributed by atoms with E-state index in [0.29, 0.717) is 11.6 Å². The van der Waals surface area contributed by atoms with Gasteiger partial charge in [-0.15, -0.1) is 0 Å². The molecule has 2 aromatic carbocycles. The molecule has 0 aliphatic heterocycles. The normalized spacial score (nSPS) is 13.2. The van der Waals surface area contributed by atoms with E-state index in [1.54, 1.807) is 6.20 Å². The van der Waals surface area contributed by atoms with Crippen LogP contribution in [0.25, 0.3) is 5.65 Å². The highest BCUT2D eigenvalue weighted by molar-refractivity contribution is 5.93. The predicted molar refractivity (Wildman–Crippen MR) is 117 cm³/mol. The van der Waals surface area contributed by atoms with Crippen molar-refractivity contribution in [2.24, 2.45) is 5.92 Å². The van der Waals surface area contributed by atoms with Gasteiger partial charge in [-0.1, -0.05) is 36.4 Å². The smallest absolute Gasteiger partial charge is 0.228 e. The zero-order chi connectivity index (χ0) is 20.3. The summed E-state index contributed by atoms with van der Waals surface area (Å²) in [6.07, 6.45) is 5.60. The summed E-state index contributed by atoms with van der Waals surface area (Å²) in [6.45, 7) is 0.751. The summed E-state index contributed by atoms with van der Waals surface area (Å²) in [5.74, 6) is 2.21. The number of nitrogens with zero attached hydrogens (tertiary/aromatic N) is 2. The maximum Gasteiger partial charge on any atom is 0.228 e. The molecule has 4 aromatic rings. The zero-order valence-corrected chi connectivity index (χ0v) is 16.4. The van der Waals surface area contributed by atoms with E-state index in [-0.39, 0.29) is 11.8 Å². The molecule has 0 atom stereocenters. The van der Waals surface area contributed by atoms with Crippen molar-refractivity contribution in [2.75, 3.05) is 10.6 Å². The van der Waals surface area contributed by atoms with Crippen molar-refractivity contribution >= 4 is 23.1 Å². The Morgan fingerprint density at radius 1 is 1.00 bits per heavy atom. The number of carbonyl (C=O) groups is 1. The molecule has 0 bridgehead atoms. The summed E-state index contributed by atoms with van der Waals surface area (Å²) in [5, 5.41) is 6.29. The van der Waals surface area contributed by atoms with Crippen LogP contribution < -0.4 is 15.4 Å². The Kier molecular flexibility index (Phi) is 4.81. The number of hydrogen-bond donors (Lipinski definition) is 2. The topological polar surface area (TPSA) is 67.7 Å². The molecule has 1 aliphatic carbocycles. The summed E-state index contributed by atoms with van der Waals surface area (Å²) < 4.78 is 7.90. The van der Waals surface area contributed by atoms with Crippen LogP contribution in [0.2, 0.25) is 0 Å². The number of amides is 1. The van der Waals surface area contributed by atoms with Gasteiger partial charge in [0.25, 0.3) is 0 Å². The molecule has 6 heteroatoms. The third-order valence-electron chi connectivity index (χ3n) is 5.03. The fourth-order valence-electron chi connectivity index (χ4n) is 3.27. The van der Waals surface area contributed by atoms with Crippen molar-refractivity contribution in [1.82, 2.24) is 9.38 Å². The minimum Gasteiger partial charge on any atom is -0.456 e. The first-order valence-electron chi connectivity index (χ1n) is 10.1. The molecule has 2 heterocycles. The summed E-state index contributed by atoms with van der Waals surface area (Å²) in [4.78, 5) is 16.4. The Morgan fingerprint density at radius 3 is 2.70 bits per heavy atom.